The summed E-state index contributed by atoms with van der Waals surface area (Å²) < 4.78 is 8.50. The molecule has 1 N–H and O–H groups in total. The van der Waals surface area contributed by atoms with E-state index in [1.165, 1.54) is 7.11 Å². The number of ether oxygens (including phenoxy) is 1. The maximum absolute atomic E-state index is 13.6. The summed E-state index contributed by atoms with van der Waals surface area (Å²) in [5.41, 5.74) is 8.09. The van der Waals surface area contributed by atoms with Gasteiger partial charge in [0.25, 0.3) is 0 Å². The molecule has 1 atom stereocenters. The fraction of sp³-hybridized carbons (Fsp3) is 0.185. The number of benzene rings is 2. The zero-order valence-corrected chi connectivity index (χ0v) is 21.0. The number of nitrogens with zero attached hydrogens (tertiary/aromatic N) is 1. The average molecular weight is 550 g/mol. The van der Waals surface area contributed by atoms with Crippen LogP contribution in [0.3, 0.4) is 0 Å². The van der Waals surface area contributed by atoms with Crippen LogP contribution >= 0.6 is 22.6 Å². The van der Waals surface area contributed by atoms with Crippen LogP contribution in [0.1, 0.15) is 45.7 Å². The molecule has 0 saturated heterocycles. The number of dihydropyridines is 1. The van der Waals surface area contributed by atoms with Gasteiger partial charge < -0.3 is 14.6 Å². The predicted octanol–water partition coefficient (Wildman–Crippen LogP) is 5.44. The molecule has 2 aliphatic rings. The van der Waals surface area contributed by atoms with E-state index in [9.17, 15) is 9.59 Å². The Morgan fingerprint density at radius 2 is 1.70 bits per heavy atom. The van der Waals surface area contributed by atoms with Gasteiger partial charge in [0.05, 0.1) is 24.3 Å². The number of methoxy groups -OCH3 is 1. The third kappa shape index (κ3) is 3.27. The van der Waals surface area contributed by atoms with Gasteiger partial charge in [-0.05, 0) is 79.3 Å². The van der Waals surface area contributed by atoms with Crippen LogP contribution in [0.2, 0.25) is 0 Å². The highest BCUT2D eigenvalue weighted by atomic mass is 127. The highest BCUT2D eigenvalue weighted by Crippen LogP contribution is 2.48. The van der Waals surface area contributed by atoms with Crippen molar-refractivity contribution < 1.29 is 14.3 Å². The van der Waals surface area contributed by atoms with Gasteiger partial charge in [-0.25, -0.2) is 4.79 Å². The summed E-state index contributed by atoms with van der Waals surface area (Å²) in [5, 5.41) is 3.34. The largest absolute Gasteiger partial charge is 0.466 e. The molecule has 0 saturated carbocycles. The van der Waals surface area contributed by atoms with Crippen molar-refractivity contribution in [3.05, 3.63) is 103 Å². The van der Waals surface area contributed by atoms with Crippen LogP contribution in [0.4, 0.5) is 0 Å². The lowest BCUT2D eigenvalue weighted by Gasteiger charge is -2.29. The van der Waals surface area contributed by atoms with Crippen molar-refractivity contribution in [3.63, 3.8) is 0 Å². The number of rotatable bonds is 3. The van der Waals surface area contributed by atoms with Crippen LogP contribution in [0.5, 0.6) is 0 Å². The van der Waals surface area contributed by atoms with E-state index in [1.807, 2.05) is 45.0 Å². The molecule has 0 fully saturated rings. The molecule has 2 aromatic carbocycles. The molecule has 1 aliphatic carbocycles. The number of esters is 1. The van der Waals surface area contributed by atoms with Crippen LogP contribution in [-0.4, -0.2) is 23.4 Å². The minimum atomic E-state index is -0.516. The molecular weight excluding hydrogens is 527 g/mol. The normalized spacial score (nSPS) is 17.1. The first kappa shape index (κ1) is 21.7. The molecule has 0 radical (unpaired) electrons. The lowest BCUT2D eigenvalue weighted by Crippen LogP contribution is -2.29. The summed E-state index contributed by atoms with van der Waals surface area (Å²) in [6.45, 7) is 5.95. The highest BCUT2D eigenvalue weighted by Gasteiger charge is 2.43. The van der Waals surface area contributed by atoms with Crippen molar-refractivity contribution in [2.75, 3.05) is 7.11 Å². The average Bonchev–Trinajstić information content (AvgIpc) is 3.26. The lowest BCUT2D eigenvalue weighted by molar-refractivity contribution is -0.136. The molecule has 0 spiro atoms. The van der Waals surface area contributed by atoms with Crippen molar-refractivity contribution in [2.45, 2.75) is 26.7 Å². The number of carbonyl (C=O) groups is 2. The van der Waals surface area contributed by atoms with E-state index >= 15 is 0 Å². The zero-order chi connectivity index (χ0) is 23.4. The molecule has 33 heavy (non-hydrogen) atoms. The first-order chi connectivity index (χ1) is 15.8. The van der Waals surface area contributed by atoms with Crippen molar-refractivity contribution >= 4 is 40.0 Å². The number of hydrogen-bond donors (Lipinski definition) is 1. The number of fused-ring (bicyclic) bond motifs is 2. The van der Waals surface area contributed by atoms with E-state index in [4.69, 9.17) is 4.74 Å². The number of nitrogens with one attached hydrogen (secondary N) is 1. The summed E-state index contributed by atoms with van der Waals surface area (Å²) >= 11 is 2.29. The summed E-state index contributed by atoms with van der Waals surface area (Å²) in [6.07, 6.45) is 0. The van der Waals surface area contributed by atoms with Crippen molar-refractivity contribution in [3.8, 4) is 5.69 Å². The fourth-order valence-corrected chi connectivity index (χ4v) is 5.45. The van der Waals surface area contributed by atoms with Gasteiger partial charge in [0.15, 0.2) is 5.78 Å². The summed E-state index contributed by atoms with van der Waals surface area (Å²) in [4.78, 5) is 26.6. The van der Waals surface area contributed by atoms with Gasteiger partial charge in [-0.15, -0.1) is 0 Å². The third-order valence-corrected chi connectivity index (χ3v) is 7.24. The Morgan fingerprint density at radius 3 is 2.36 bits per heavy atom. The molecule has 0 amide bonds. The van der Waals surface area contributed by atoms with Gasteiger partial charge in [0.2, 0.25) is 0 Å². The molecule has 3 aromatic rings. The van der Waals surface area contributed by atoms with Crippen molar-refractivity contribution in [1.29, 1.82) is 0 Å². The molecule has 0 bridgehead atoms. The number of hydrogen-bond acceptors (Lipinski definition) is 4. The topological polar surface area (TPSA) is 60.3 Å². The first-order valence-electron chi connectivity index (χ1n) is 10.7. The van der Waals surface area contributed by atoms with Crippen LogP contribution in [0, 0.1) is 17.4 Å². The molecule has 0 unspecified atom stereocenters. The Labute approximate surface area is 206 Å². The Hall–Kier alpha value is -3.13. The van der Waals surface area contributed by atoms with Crippen molar-refractivity contribution in [2.24, 2.45) is 0 Å². The summed E-state index contributed by atoms with van der Waals surface area (Å²) in [6, 6.07) is 18.0. The Balaban J connectivity index is 1.75. The first-order valence-corrected chi connectivity index (χ1v) is 11.8. The zero-order valence-electron chi connectivity index (χ0n) is 18.8. The number of aryl methyl sites for hydroxylation is 1. The number of carbonyl (C=O) groups excluding carboxylic acids is 2. The number of Topliss-reactive ketones (excluding diaryl/α,β-unsaturated/α-hetero) is 1. The van der Waals surface area contributed by atoms with Crippen LogP contribution in [0.15, 0.2) is 71.4 Å². The second-order valence-electron chi connectivity index (χ2n) is 8.39. The molecule has 2 heterocycles. The SMILES string of the molecule is COC(=O)C1=C(C)NC2=C(C(=O)c3ccccc32)[C@H]1c1cc(C)n(-c2ccc(I)cc2)c1C. The molecule has 6 heteroatoms. The van der Waals surface area contributed by atoms with Crippen LogP contribution < -0.4 is 5.32 Å². The number of ketones is 1. The second kappa shape index (κ2) is 8.02. The van der Waals surface area contributed by atoms with Gasteiger partial charge in [0.1, 0.15) is 0 Å². The summed E-state index contributed by atoms with van der Waals surface area (Å²) in [5.74, 6) is -0.997. The van der Waals surface area contributed by atoms with E-state index in [0.29, 0.717) is 22.4 Å². The van der Waals surface area contributed by atoms with Crippen LogP contribution in [-0.2, 0) is 9.53 Å². The van der Waals surface area contributed by atoms with E-state index in [1.54, 1.807) is 0 Å². The minimum Gasteiger partial charge on any atom is -0.466 e. The van der Waals surface area contributed by atoms with Gasteiger partial charge in [-0.1, -0.05) is 24.3 Å². The molecule has 5 rings (SSSR count). The van der Waals surface area contributed by atoms with E-state index in [0.717, 1.165) is 37.5 Å². The maximum atomic E-state index is 13.6. The highest BCUT2D eigenvalue weighted by molar-refractivity contribution is 14.1. The monoisotopic (exact) mass is 550 g/mol. The number of halogens is 1. The lowest BCUT2D eigenvalue weighted by atomic mass is 9.79. The molecule has 5 nitrogen and oxygen atoms in total. The van der Waals surface area contributed by atoms with Gasteiger partial charge in [-0.3, -0.25) is 4.79 Å². The smallest absolute Gasteiger partial charge is 0.336 e. The Morgan fingerprint density at radius 1 is 1.03 bits per heavy atom. The minimum absolute atomic E-state index is 0.0499. The standard InChI is InChI=1S/C27H23IN2O3/c1-14-13-21(16(3)30(14)18-11-9-17(28)10-12-18)23-22(27(32)33-4)15(2)29-25-19-7-5-6-8-20(19)26(31)24(23)25/h5-13,23,29H,1-4H3/t23-/m0/s1. The van der Waals surface area contributed by atoms with Gasteiger partial charge in [0, 0.05) is 43.0 Å². The van der Waals surface area contributed by atoms with Crippen LogP contribution in [0.25, 0.3) is 11.4 Å². The Kier molecular flexibility index (Phi) is 5.28. The summed E-state index contributed by atoms with van der Waals surface area (Å²) in [7, 11) is 1.38. The number of aromatic nitrogens is 1. The van der Waals surface area contributed by atoms with Gasteiger partial charge in [-0.2, -0.15) is 0 Å². The van der Waals surface area contributed by atoms with Crippen molar-refractivity contribution in [1.82, 2.24) is 9.88 Å². The second-order valence-corrected chi connectivity index (χ2v) is 9.64. The maximum Gasteiger partial charge on any atom is 0.336 e. The quantitative estimate of drug-likeness (QED) is 0.349. The van der Waals surface area contributed by atoms with E-state index < -0.39 is 11.9 Å². The van der Waals surface area contributed by atoms with E-state index in [-0.39, 0.29) is 5.78 Å². The Bertz CT molecular complexity index is 1390. The predicted molar refractivity (Wildman–Crippen MR) is 136 cm³/mol. The number of allylic oxidation sites excluding steroid dienone is 2. The molecule has 1 aliphatic heterocycles. The van der Waals surface area contributed by atoms with Gasteiger partial charge >= 0.3 is 5.97 Å². The molecule has 166 valence electrons. The third-order valence-electron chi connectivity index (χ3n) is 6.52. The molecule has 1 aromatic heterocycles. The molecular formula is C27H23IN2O3. The fourth-order valence-electron chi connectivity index (χ4n) is 5.09. The van der Waals surface area contributed by atoms with E-state index in [2.05, 4.69) is 62.8 Å².